The second kappa shape index (κ2) is 12.2. The van der Waals surface area contributed by atoms with Crippen LogP contribution < -0.4 is 5.32 Å². The lowest BCUT2D eigenvalue weighted by Gasteiger charge is -2.28. The molecule has 0 saturated carbocycles. The lowest BCUT2D eigenvalue weighted by atomic mass is 10.00. The largest absolute Gasteiger partial charge is 0.481 e. The number of ether oxygens (including phenoxy) is 2. The molecule has 33 heavy (non-hydrogen) atoms. The highest BCUT2D eigenvalue weighted by Gasteiger charge is 2.37. The van der Waals surface area contributed by atoms with Crippen LogP contribution in [0, 0.1) is 0 Å². The zero-order chi connectivity index (χ0) is 24.4. The first kappa shape index (κ1) is 25.3. The molecule has 0 aliphatic heterocycles. The Morgan fingerprint density at radius 3 is 2.06 bits per heavy atom. The van der Waals surface area contributed by atoms with Crippen LogP contribution in [0.1, 0.15) is 48.7 Å². The van der Waals surface area contributed by atoms with E-state index in [0.717, 1.165) is 0 Å². The number of hydrogen-bond donors (Lipinski definition) is 2. The number of esters is 2. The zero-order valence-electron chi connectivity index (χ0n) is 18.5. The predicted octanol–water partition coefficient (Wildman–Crippen LogP) is 3.44. The molecule has 0 spiro atoms. The van der Waals surface area contributed by atoms with Gasteiger partial charge in [-0.2, -0.15) is 0 Å². The average Bonchev–Trinajstić information content (AvgIpc) is 2.80. The van der Waals surface area contributed by atoms with Gasteiger partial charge in [-0.25, -0.2) is 4.79 Å². The predicted molar refractivity (Wildman–Crippen MR) is 120 cm³/mol. The van der Waals surface area contributed by atoms with E-state index in [2.05, 4.69) is 11.9 Å². The third kappa shape index (κ3) is 7.92. The number of carboxylic acids is 1. The molecule has 2 N–H and O–H groups in total. The molecule has 174 valence electrons. The minimum atomic E-state index is -1.55. The molecular weight excluding hydrogens is 426 g/mol. The smallest absolute Gasteiger partial charge is 0.350 e. The van der Waals surface area contributed by atoms with E-state index < -0.39 is 54.9 Å². The summed E-state index contributed by atoms with van der Waals surface area (Å²) in [5.41, 5.74) is 1.42. The molecule has 0 aromatic heterocycles. The number of amides is 1. The molecular formula is C25H27NO7. The van der Waals surface area contributed by atoms with Crippen molar-refractivity contribution in [2.24, 2.45) is 0 Å². The normalized spacial score (nSPS) is 13.2. The Bertz CT molecular complexity index is 988. The Labute approximate surface area is 192 Å². The molecule has 8 nitrogen and oxygen atoms in total. The maximum Gasteiger partial charge on any atom is 0.350 e. The number of hydrogen-bond acceptors (Lipinski definition) is 6. The van der Waals surface area contributed by atoms with Crippen LogP contribution in [-0.2, 0) is 23.9 Å². The molecule has 0 unspecified atom stereocenters. The lowest BCUT2D eigenvalue weighted by molar-refractivity contribution is -0.172. The van der Waals surface area contributed by atoms with E-state index in [1.165, 1.54) is 0 Å². The molecule has 0 radical (unpaired) electrons. The van der Waals surface area contributed by atoms with Crippen LogP contribution in [0.2, 0.25) is 0 Å². The van der Waals surface area contributed by atoms with E-state index in [1.54, 1.807) is 74.5 Å². The van der Waals surface area contributed by atoms with Crippen molar-refractivity contribution in [1.82, 2.24) is 5.32 Å². The summed E-state index contributed by atoms with van der Waals surface area (Å²) in [6, 6.07) is 15.8. The van der Waals surface area contributed by atoms with E-state index in [9.17, 15) is 19.2 Å². The monoisotopic (exact) mass is 453 g/mol. The number of carboxylic acid groups (broad SMARTS) is 1. The number of rotatable bonds is 11. The first-order valence-corrected chi connectivity index (χ1v) is 10.4. The van der Waals surface area contributed by atoms with Crippen LogP contribution in [0.5, 0.6) is 0 Å². The number of benzene rings is 2. The zero-order valence-corrected chi connectivity index (χ0v) is 18.5. The fourth-order valence-electron chi connectivity index (χ4n) is 2.81. The van der Waals surface area contributed by atoms with Crippen molar-refractivity contribution in [3.8, 4) is 0 Å². The highest BCUT2D eigenvalue weighted by molar-refractivity contribution is 5.95. The van der Waals surface area contributed by atoms with Gasteiger partial charge in [-0.1, -0.05) is 55.1 Å². The van der Waals surface area contributed by atoms with E-state index in [0.29, 0.717) is 16.7 Å². The molecule has 2 rings (SSSR count). The van der Waals surface area contributed by atoms with Crippen LogP contribution in [0.15, 0.2) is 72.8 Å². The standard InChI is InChI=1S/C25H27NO7/c1-16(2)17(3)32-25(31)23(33-21(29)15-14-20(27)28)22(18-10-6-4-7-11-18)26-24(30)19-12-8-5-9-13-19/h4-13,17,22-23H,1,14-15H2,2-3H3,(H,26,30)(H,27,28)/t17-,22-,23+/m1/s1. The molecule has 0 aliphatic carbocycles. The van der Waals surface area contributed by atoms with Crippen molar-refractivity contribution < 1.29 is 33.8 Å². The van der Waals surface area contributed by atoms with Crippen LogP contribution in [-0.4, -0.2) is 41.1 Å². The van der Waals surface area contributed by atoms with Gasteiger partial charge < -0.3 is 19.9 Å². The number of carbonyl (C=O) groups is 4. The quantitative estimate of drug-likeness (QED) is 0.395. The fourth-order valence-corrected chi connectivity index (χ4v) is 2.81. The molecule has 0 heterocycles. The van der Waals surface area contributed by atoms with Crippen molar-refractivity contribution >= 4 is 23.8 Å². The van der Waals surface area contributed by atoms with E-state index >= 15 is 0 Å². The minimum Gasteiger partial charge on any atom is -0.481 e. The van der Waals surface area contributed by atoms with Gasteiger partial charge in [0.05, 0.1) is 12.8 Å². The van der Waals surface area contributed by atoms with Crippen molar-refractivity contribution in [3.05, 3.63) is 83.9 Å². The molecule has 0 saturated heterocycles. The van der Waals surface area contributed by atoms with Crippen molar-refractivity contribution in [1.29, 1.82) is 0 Å². The second-order valence-electron chi connectivity index (χ2n) is 7.46. The van der Waals surface area contributed by atoms with Gasteiger partial charge in [0.2, 0.25) is 6.10 Å². The Morgan fingerprint density at radius 2 is 1.52 bits per heavy atom. The maximum absolute atomic E-state index is 13.1. The number of carbonyl (C=O) groups excluding carboxylic acids is 3. The van der Waals surface area contributed by atoms with Gasteiger partial charge in [0.15, 0.2) is 0 Å². The van der Waals surface area contributed by atoms with E-state index in [4.69, 9.17) is 14.6 Å². The average molecular weight is 453 g/mol. The third-order valence-electron chi connectivity index (χ3n) is 4.80. The van der Waals surface area contributed by atoms with Crippen LogP contribution in [0.4, 0.5) is 0 Å². The first-order chi connectivity index (χ1) is 15.7. The SMILES string of the molecule is C=C(C)[C@@H](C)OC(=O)[C@@H](OC(=O)CCC(=O)O)[C@H](NC(=O)c1ccccc1)c1ccccc1. The molecule has 2 aromatic rings. The molecule has 2 aromatic carbocycles. The lowest BCUT2D eigenvalue weighted by Crippen LogP contribution is -2.44. The van der Waals surface area contributed by atoms with Gasteiger partial charge >= 0.3 is 17.9 Å². The molecule has 1 amide bonds. The van der Waals surface area contributed by atoms with Gasteiger partial charge in [0, 0.05) is 5.56 Å². The van der Waals surface area contributed by atoms with E-state index in [-0.39, 0.29) is 0 Å². The minimum absolute atomic E-state index is 0.345. The van der Waals surface area contributed by atoms with Gasteiger partial charge in [-0.15, -0.1) is 0 Å². The second-order valence-corrected chi connectivity index (χ2v) is 7.46. The molecule has 0 fully saturated rings. The Morgan fingerprint density at radius 1 is 0.939 bits per heavy atom. The molecule has 3 atom stereocenters. The summed E-state index contributed by atoms with van der Waals surface area (Å²) < 4.78 is 10.8. The fraction of sp³-hybridized carbons (Fsp3) is 0.280. The summed E-state index contributed by atoms with van der Waals surface area (Å²) in [6.07, 6.45) is -3.12. The summed E-state index contributed by atoms with van der Waals surface area (Å²) in [5.74, 6) is -3.47. The maximum atomic E-state index is 13.1. The van der Waals surface area contributed by atoms with Crippen LogP contribution in [0.3, 0.4) is 0 Å². The van der Waals surface area contributed by atoms with Gasteiger partial charge in [0.25, 0.3) is 5.91 Å². The van der Waals surface area contributed by atoms with Gasteiger partial charge in [-0.05, 0) is 37.1 Å². The Hall–Kier alpha value is -3.94. The topological polar surface area (TPSA) is 119 Å². The summed E-state index contributed by atoms with van der Waals surface area (Å²) in [7, 11) is 0. The highest BCUT2D eigenvalue weighted by Crippen LogP contribution is 2.23. The summed E-state index contributed by atoms with van der Waals surface area (Å²) >= 11 is 0. The van der Waals surface area contributed by atoms with E-state index in [1.807, 2.05) is 0 Å². The van der Waals surface area contributed by atoms with Crippen molar-refractivity contribution in [2.45, 2.75) is 44.9 Å². The van der Waals surface area contributed by atoms with Gasteiger partial charge in [-0.3, -0.25) is 14.4 Å². The first-order valence-electron chi connectivity index (χ1n) is 10.4. The van der Waals surface area contributed by atoms with Crippen LogP contribution >= 0.6 is 0 Å². The Kier molecular flexibility index (Phi) is 9.35. The number of aliphatic carboxylic acids is 1. The molecule has 0 bridgehead atoms. The summed E-state index contributed by atoms with van der Waals surface area (Å²) in [5, 5.41) is 11.6. The molecule has 0 aliphatic rings. The van der Waals surface area contributed by atoms with Crippen molar-refractivity contribution in [2.75, 3.05) is 0 Å². The summed E-state index contributed by atoms with van der Waals surface area (Å²) in [6.45, 7) is 7.04. The highest BCUT2D eigenvalue weighted by atomic mass is 16.6. The number of nitrogens with one attached hydrogen (secondary N) is 1. The van der Waals surface area contributed by atoms with Gasteiger partial charge in [0.1, 0.15) is 12.1 Å². The Balaban J connectivity index is 2.40. The molecule has 8 heteroatoms. The van der Waals surface area contributed by atoms with Crippen LogP contribution in [0.25, 0.3) is 0 Å². The summed E-state index contributed by atoms with van der Waals surface area (Å²) in [4.78, 5) is 49.1. The third-order valence-corrected chi connectivity index (χ3v) is 4.80. The van der Waals surface area contributed by atoms with Crippen molar-refractivity contribution in [3.63, 3.8) is 0 Å².